The van der Waals surface area contributed by atoms with Gasteiger partial charge in [0.2, 0.25) is 5.91 Å². The van der Waals surface area contributed by atoms with Gasteiger partial charge in [-0.1, -0.05) is 18.2 Å². The van der Waals surface area contributed by atoms with Gasteiger partial charge in [0.15, 0.2) is 0 Å². The van der Waals surface area contributed by atoms with Crippen LogP contribution in [-0.2, 0) is 4.79 Å². The molecule has 1 aliphatic carbocycles. The van der Waals surface area contributed by atoms with E-state index in [2.05, 4.69) is 29.4 Å². The molecule has 0 unspecified atom stereocenters. The van der Waals surface area contributed by atoms with E-state index in [1.165, 1.54) is 10.9 Å². The van der Waals surface area contributed by atoms with Gasteiger partial charge in [-0.15, -0.1) is 12.4 Å². The van der Waals surface area contributed by atoms with Crippen LogP contribution in [0.3, 0.4) is 0 Å². The van der Waals surface area contributed by atoms with E-state index in [0.29, 0.717) is 6.04 Å². The smallest absolute Gasteiger partial charge is 0.220 e. The molecular formula is C17H22ClN3O. The van der Waals surface area contributed by atoms with Gasteiger partial charge in [0, 0.05) is 17.3 Å². The Labute approximate surface area is 136 Å². The quantitative estimate of drug-likeness (QED) is 0.910. The van der Waals surface area contributed by atoms with Crippen molar-refractivity contribution in [2.24, 2.45) is 11.7 Å². The highest BCUT2D eigenvalue weighted by atomic mass is 35.5. The van der Waals surface area contributed by atoms with Crippen LogP contribution in [0, 0.1) is 12.8 Å². The van der Waals surface area contributed by atoms with Crippen molar-refractivity contribution in [3.63, 3.8) is 0 Å². The lowest BCUT2D eigenvalue weighted by Crippen LogP contribution is -2.32. The van der Waals surface area contributed by atoms with Crippen molar-refractivity contribution in [1.82, 2.24) is 4.98 Å². The highest BCUT2D eigenvalue weighted by Crippen LogP contribution is 2.27. The fourth-order valence-electron chi connectivity index (χ4n) is 3.15. The molecule has 0 spiro atoms. The molecule has 0 bridgehead atoms. The summed E-state index contributed by atoms with van der Waals surface area (Å²) < 4.78 is 0. The molecular weight excluding hydrogens is 298 g/mol. The van der Waals surface area contributed by atoms with E-state index in [-0.39, 0.29) is 24.2 Å². The number of nitrogens with two attached hydrogens (primary N) is 1. The topological polar surface area (TPSA) is 68.0 Å². The van der Waals surface area contributed by atoms with E-state index in [4.69, 9.17) is 5.73 Å². The maximum atomic E-state index is 11.2. The number of benzene rings is 1. The number of nitrogens with one attached hydrogen (secondary N) is 1. The Morgan fingerprint density at radius 3 is 2.59 bits per heavy atom. The van der Waals surface area contributed by atoms with Gasteiger partial charge in [0.25, 0.3) is 0 Å². The Balaban J connectivity index is 0.00000176. The molecule has 1 heterocycles. The molecule has 1 saturated carbocycles. The molecule has 1 amide bonds. The molecule has 0 saturated heterocycles. The predicted octanol–water partition coefficient (Wildman–Crippen LogP) is 3.42. The van der Waals surface area contributed by atoms with Crippen LogP contribution < -0.4 is 11.1 Å². The summed E-state index contributed by atoms with van der Waals surface area (Å²) in [5.41, 5.74) is 7.63. The summed E-state index contributed by atoms with van der Waals surface area (Å²) in [6, 6.07) is 10.7. The number of aromatic nitrogens is 1. The first kappa shape index (κ1) is 16.6. The first-order valence-electron chi connectivity index (χ1n) is 7.56. The number of hydrogen-bond donors (Lipinski definition) is 2. The molecule has 118 valence electrons. The third-order valence-electron chi connectivity index (χ3n) is 4.40. The van der Waals surface area contributed by atoms with Gasteiger partial charge in [-0.05, 0) is 50.3 Å². The van der Waals surface area contributed by atoms with E-state index < -0.39 is 0 Å². The Bertz CT molecular complexity index is 666. The molecule has 3 rings (SSSR count). The minimum Gasteiger partial charge on any atom is -0.369 e. The van der Waals surface area contributed by atoms with Crippen molar-refractivity contribution >= 4 is 35.0 Å². The van der Waals surface area contributed by atoms with Gasteiger partial charge in [-0.25, -0.2) is 4.98 Å². The molecule has 1 aliphatic rings. The summed E-state index contributed by atoms with van der Waals surface area (Å²) in [6.07, 6.45) is 3.70. The number of fused-ring (bicyclic) bond motifs is 1. The largest absolute Gasteiger partial charge is 0.369 e. The van der Waals surface area contributed by atoms with Gasteiger partial charge < -0.3 is 11.1 Å². The molecule has 0 radical (unpaired) electrons. The predicted molar refractivity (Wildman–Crippen MR) is 92.3 cm³/mol. The zero-order valence-electron chi connectivity index (χ0n) is 12.7. The van der Waals surface area contributed by atoms with Crippen molar-refractivity contribution in [2.75, 3.05) is 5.32 Å². The summed E-state index contributed by atoms with van der Waals surface area (Å²) in [5.74, 6) is 0.816. The third kappa shape index (κ3) is 3.50. The van der Waals surface area contributed by atoms with E-state index in [1.807, 2.05) is 18.2 Å². The van der Waals surface area contributed by atoms with Crippen molar-refractivity contribution in [2.45, 2.75) is 38.6 Å². The number of carbonyl (C=O) groups is 1. The Kier molecular flexibility index (Phi) is 5.24. The van der Waals surface area contributed by atoms with Crippen molar-refractivity contribution < 1.29 is 4.79 Å². The van der Waals surface area contributed by atoms with Crippen LogP contribution >= 0.6 is 12.4 Å². The molecule has 3 N–H and O–H groups in total. The molecule has 22 heavy (non-hydrogen) atoms. The first-order valence-corrected chi connectivity index (χ1v) is 7.56. The summed E-state index contributed by atoms with van der Waals surface area (Å²) in [7, 11) is 0. The van der Waals surface area contributed by atoms with Gasteiger partial charge in [-0.3, -0.25) is 4.79 Å². The average Bonchev–Trinajstić information content (AvgIpc) is 2.48. The van der Waals surface area contributed by atoms with E-state index in [0.717, 1.165) is 37.0 Å². The van der Waals surface area contributed by atoms with E-state index in [9.17, 15) is 4.79 Å². The number of aryl methyl sites for hydroxylation is 1. The van der Waals surface area contributed by atoms with E-state index in [1.54, 1.807) is 0 Å². The molecule has 1 aromatic heterocycles. The fraction of sp³-hybridized carbons (Fsp3) is 0.412. The minimum absolute atomic E-state index is 0. The maximum Gasteiger partial charge on any atom is 0.220 e. The highest BCUT2D eigenvalue weighted by Gasteiger charge is 2.24. The fourth-order valence-corrected chi connectivity index (χ4v) is 3.15. The van der Waals surface area contributed by atoms with Crippen molar-refractivity contribution in [1.29, 1.82) is 0 Å². The Hall–Kier alpha value is -1.81. The van der Waals surface area contributed by atoms with Crippen LogP contribution in [0.5, 0.6) is 0 Å². The van der Waals surface area contributed by atoms with Crippen LogP contribution in [0.15, 0.2) is 30.3 Å². The number of halogens is 1. The zero-order chi connectivity index (χ0) is 14.8. The van der Waals surface area contributed by atoms with Crippen LogP contribution in [0.4, 0.5) is 5.82 Å². The number of hydrogen-bond acceptors (Lipinski definition) is 3. The number of primary amides is 1. The lowest BCUT2D eigenvalue weighted by atomic mass is 9.85. The molecule has 5 heteroatoms. The van der Waals surface area contributed by atoms with Crippen LogP contribution in [0.2, 0.25) is 0 Å². The van der Waals surface area contributed by atoms with Gasteiger partial charge in [0.05, 0.1) is 5.52 Å². The van der Waals surface area contributed by atoms with Crippen LogP contribution in [0.1, 0.15) is 31.2 Å². The third-order valence-corrected chi connectivity index (χ3v) is 4.40. The molecule has 0 aliphatic heterocycles. The Morgan fingerprint density at radius 1 is 1.23 bits per heavy atom. The number of nitrogens with zero attached hydrogens (tertiary/aromatic N) is 1. The standard InChI is InChI=1S/C17H21N3O.ClH/c1-11-10-16(20-15-5-3-2-4-14(11)15)19-13-8-6-12(7-9-13)17(18)21;/h2-5,10,12-13H,6-9H2,1H3,(H2,18,21)(H,19,20);1H. The second-order valence-electron chi connectivity index (χ2n) is 5.94. The number of pyridine rings is 1. The zero-order valence-corrected chi connectivity index (χ0v) is 13.5. The minimum atomic E-state index is -0.159. The Morgan fingerprint density at radius 2 is 1.91 bits per heavy atom. The van der Waals surface area contributed by atoms with Crippen molar-refractivity contribution in [3.05, 3.63) is 35.9 Å². The van der Waals surface area contributed by atoms with Crippen LogP contribution in [-0.4, -0.2) is 16.9 Å². The molecule has 2 aromatic rings. The average molecular weight is 320 g/mol. The number of para-hydroxylation sites is 1. The molecule has 1 aromatic carbocycles. The second-order valence-corrected chi connectivity index (χ2v) is 5.94. The number of carbonyl (C=O) groups excluding carboxylic acids is 1. The summed E-state index contributed by atoms with van der Waals surface area (Å²) in [4.78, 5) is 15.9. The summed E-state index contributed by atoms with van der Waals surface area (Å²) in [5, 5.41) is 4.70. The normalized spacial score (nSPS) is 21.1. The molecule has 0 atom stereocenters. The molecule has 1 fully saturated rings. The number of anilines is 1. The SMILES string of the molecule is Cc1cc(NC2CCC(C(N)=O)CC2)nc2ccccc12.Cl. The number of rotatable bonds is 3. The lowest BCUT2D eigenvalue weighted by Gasteiger charge is -2.27. The monoisotopic (exact) mass is 319 g/mol. The van der Waals surface area contributed by atoms with Gasteiger partial charge in [0.1, 0.15) is 5.82 Å². The van der Waals surface area contributed by atoms with E-state index >= 15 is 0 Å². The van der Waals surface area contributed by atoms with Gasteiger partial charge in [-0.2, -0.15) is 0 Å². The maximum absolute atomic E-state index is 11.2. The lowest BCUT2D eigenvalue weighted by molar-refractivity contribution is -0.122. The first-order chi connectivity index (χ1) is 10.1. The second kappa shape index (κ2) is 6.97. The van der Waals surface area contributed by atoms with Crippen molar-refractivity contribution in [3.8, 4) is 0 Å². The highest BCUT2D eigenvalue weighted by molar-refractivity contribution is 5.85. The summed E-state index contributed by atoms with van der Waals surface area (Å²) in [6.45, 7) is 2.11. The van der Waals surface area contributed by atoms with Gasteiger partial charge >= 0.3 is 0 Å². The summed E-state index contributed by atoms with van der Waals surface area (Å²) >= 11 is 0. The molecule has 4 nitrogen and oxygen atoms in total. The number of amides is 1. The van der Waals surface area contributed by atoms with Crippen LogP contribution in [0.25, 0.3) is 10.9 Å².